The van der Waals surface area contributed by atoms with Crippen LogP contribution in [0.5, 0.6) is 0 Å². The van der Waals surface area contributed by atoms with Crippen LogP contribution in [-0.2, 0) is 9.53 Å². The van der Waals surface area contributed by atoms with Gasteiger partial charge in [0.05, 0.1) is 7.11 Å². The third-order valence-electron chi connectivity index (χ3n) is 6.09. The van der Waals surface area contributed by atoms with Crippen LogP contribution in [0.4, 0.5) is 0 Å². The number of carbonyl (C=O) groups is 1. The standard InChI is InChI=1S/C20H24BrNO2/c1-24-20(23)18-10-17(16-7-2-3-8-19(16)21)13-9-14(18)12-22(11-13)15-5-4-6-15/h2-3,7-8,10,13-15,17H,4-6,9,11-12H2,1H3/t13-,14+,17-/m0/s1. The van der Waals surface area contributed by atoms with Crippen LogP contribution in [0.15, 0.2) is 40.4 Å². The first-order valence-electron chi connectivity index (χ1n) is 8.96. The van der Waals surface area contributed by atoms with Gasteiger partial charge in [-0.15, -0.1) is 0 Å². The average molecular weight is 390 g/mol. The van der Waals surface area contributed by atoms with E-state index in [0.29, 0.717) is 11.8 Å². The molecule has 0 amide bonds. The molecule has 4 heteroatoms. The number of rotatable bonds is 3. The highest BCUT2D eigenvalue weighted by molar-refractivity contribution is 9.10. The SMILES string of the molecule is COC(=O)C1=C[C@H](c2ccccc2Br)[C@H]2C[C@@H]1CN(C1CCC1)C2. The highest BCUT2D eigenvalue weighted by atomic mass is 79.9. The number of piperidine rings is 1. The monoisotopic (exact) mass is 389 g/mol. The Hall–Kier alpha value is -1.13. The van der Waals surface area contributed by atoms with Crippen molar-refractivity contribution in [1.82, 2.24) is 4.90 Å². The highest BCUT2D eigenvalue weighted by Crippen LogP contribution is 2.46. The van der Waals surface area contributed by atoms with E-state index in [2.05, 4.69) is 45.1 Å². The van der Waals surface area contributed by atoms with E-state index in [-0.39, 0.29) is 11.9 Å². The summed E-state index contributed by atoms with van der Waals surface area (Å²) in [5, 5.41) is 0. The lowest BCUT2D eigenvalue weighted by molar-refractivity contribution is -0.137. The predicted octanol–water partition coefficient (Wildman–Crippen LogP) is 4.14. The van der Waals surface area contributed by atoms with Gasteiger partial charge in [-0.3, -0.25) is 4.90 Å². The largest absolute Gasteiger partial charge is 0.466 e. The van der Waals surface area contributed by atoms with Gasteiger partial charge in [-0.2, -0.15) is 0 Å². The second kappa shape index (κ2) is 6.64. The Morgan fingerprint density at radius 3 is 2.71 bits per heavy atom. The molecule has 0 radical (unpaired) electrons. The number of hydrogen-bond donors (Lipinski definition) is 0. The maximum absolute atomic E-state index is 12.4. The lowest BCUT2D eigenvalue weighted by Gasteiger charge is -2.49. The van der Waals surface area contributed by atoms with Crippen molar-refractivity contribution in [2.75, 3.05) is 20.2 Å². The summed E-state index contributed by atoms with van der Waals surface area (Å²) in [6.45, 7) is 2.17. The second-order valence-corrected chi connectivity index (χ2v) is 8.25. The summed E-state index contributed by atoms with van der Waals surface area (Å²) in [4.78, 5) is 15.0. The fourth-order valence-electron chi connectivity index (χ4n) is 4.62. The Bertz CT molecular complexity index is 667. The van der Waals surface area contributed by atoms with E-state index >= 15 is 0 Å². The van der Waals surface area contributed by atoms with Crippen molar-refractivity contribution in [1.29, 1.82) is 0 Å². The van der Waals surface area contributed by atoms with E-state index in [9.17, 15) is 4.79 Å². The van der Waals surface area contributed by atoms with E-state index in [0.717, 1.165) is 35.6 Å². The molecule has 0 aromatic heterocycles. The number of halogens is 1. The van der Waals surface area contributed by atoms with Crippen molar-refractivity contribution in [3.8, 4) is 0 Å². The maximum Gasteiger partial charge on any atom is 0.333 e. The first-order valence-corrected chi connectivity index (χ1v) is 9.75. The summed E-state index contributed by atoms with van der Waals surface area (Å²) >= 11 is 3.71. The Morgan fingerprint density at radius 1 is 1.25 bits per heavy atom. The average Bonchev–Trinajstić information content (AvgIpc) is 2.54. The zero-order valence-electron chi connectivity index (χ0n) is 14.1. The molecule has 1 saturated carbocycles. The fraction of sp³-hybridized carbons (Fsp3) is 0.550. The van der Waals surface area contributed by atoms with Crippen LogP contribution in [0.1, 0.15) is 37.2 Å². The van der Waals surface area contributed by atoms with E-state index in [1.807, 2.05) is 6.07 Å². The number of allylic oxidation sites excluding steroid dienone is 1. The molecule has 128 valence electrons. The summed E-state index contributed by atoms with van der Waals surface area (Å²) in [5.74, 6) is 1.05. The zero-order valence-corrected chi connectivity index (χ0v) is 15.7. The fourth-order valence-corrected chi connectivity index (χ4v) is 5.17. The van der Waals surface area contributed by atoms with Gasteiger partial charge in [-0.25, -0.2) is 4.79 Å². The van der Waals surface area contributed by atoms with Gasteiger partial charge in [0, 0.05) is 41.0 Å². The number of esters is 1. The highest BCUT2D eigenvalue weighted by Gasteiger charge is 2.43. The van der Waals surface area contributed by atoms with Crippen LogP contribution < -0.4 is 0 Å². The van der Waals surface area contributed by atoms with E-state index in [4.69, 9.17) is 4.74 Å². The van der Waals surface area contributed by atoms with Gasteiger partial charge in [0.2, 0.25) is 0 Å². The number of likely N-dealkylation sites (tertiary alicyclic amines) is 1. The number of methoxy groups -OCH3 is 1. The molecule has 24 heavy (non-hydrogen) atoms. The van der Waals surface area contributed by atoms with Crippen molar-refractivity contribution in [2.24, 2.45) is 11.8 Å². The van der Waals surface area contributed by atoms with E-state index < -0.39 is 0 Å². The Balaban J connectivity index is 1.70. The van der Waals surface area contributed by atoms with Gasteiger partial charge >= 0.3 is 5.97 Å². The van der Waals surface area contributed by atoms with Crippen molar-refractivity contribution >= 4 is 21.9 Å². The van der Waals surface area contributed by atoms with Gasteiger partial charge in [-0.05, 0) is 36.8 Å². The molecule has 1 aromatic rings. The molecule has 1 saturated heterocycles. The summed E-state index contributed by atoms with van der Waals surface area (Å²) < 4.78 is 6.23. The number of ether oxygens (including phenoxy) is 1. The minimum Gasteiger partial charge on any atom is -0.466 e. The maximum atomic E-state index is 12.4. The van der Waals surface area contributed by atoms with Crippen LogP contribution in [0, 0.1) is 11.8 Å². The normalized spacial score (nSPS) is 30.4. The summed E-state index contributed by atoms with van der Waals surface area (Å²) in [5.41, 5.74) is 2.18. The first kappa shape index (κ1) is 16.3. The van der Waals surface area contributed by atoms with Crippen LogP contribution >= 0.6 is 15.9 Å². The molecule has 0 spiro atoms. The Kier molecular flexibility index (Phi) is 4.52. The van der Waals surface area contributed by atoms with Crippen LogP contribution in [0.2, 0.25) is 0 Å². The summed E-state index contributed by atoms with van der Waals surface area (Å²) in [6, 6.07) is 9.14. The molecular weight excluding hydrogens is 366 g/mol. The summed E-state index contributed by atoms with van der Waals surface area (Å²) in [6.07, 6.45) is 7.27. The van der Waals surface area contributed by atoms with E-state index in [1.165, 1.54) is 31.9 Å². The molecule has 2 bridgehead atoms. The number of benzene rings is 1. The van der Waals surface area contributed by atoms with Gasteiger partial charge in [0.25, 0.3) is 0 Å². The second-order valence-electron chi connectivity index (χ2n) is 7.39. The lowest BCUT2D eigenvalue weighted by atomic mass is 9.69. The molecule has 1 aromatic carbocycles. The van der Waals surface area contributed by atoms with Crippen molar-refractivity contribution < 1.29 is 9.53 Å². The molecular formula is C20H24BrNO2. The first-order chi connectivity index (χ1) is 11.7. The quantitative estimate of drug-likeness (QED) is 0.727. The predicted molar refractivity (Wildman–Crippen MR) is 97.8 cm³/mol. The topological polar surface area (TPSA) is 29.5 Å². The van der Waals surface area contributed by atoms with Crippen molar-refractivity contribution in [2.45, 2.75) is 37.6 Å². The number of nitrogens with zero attached hydrogens (tertiary/aromatic N) is 1. The number of hydrogen-bond acceptors (Lipinski definition) is 3. The molecule has 3 nitrogen and oxygen atoms in total. The summed E-state index contributed by atoms with van der Waals surface area (Å²) in [7, 11) is 1.50. The molecule has 1 heterocycles. The minimum atomic E-state index is -0.147. The van der Waals surface area contributed by atoms with Crippen LogP contribution in [0.25, 0.3) is 0 Å². The van der Waals surface area contributed by atoms with Gasteiger partial charge in [0.15, 0.2) is 0 Å². The molecule has 3 atom stereocenters. The molecule has 3 aliphatic rings. The molecule has 0 N–H and O–H groups in total. The Morgan fingerprint density at radius 2 is 2.04 bits per heavy atom. The van der Waals surface area contributed by atoms with E-state index in [1.54, 1.807) is 0 Å². The third-order valence-corrected chi connectivity index (χ3v) is 6.82. The van der Waals surface area contributed by atoms with Crippen molar-refractivity contribution in [3.05, 3.63) is 46.0 Å². The molecule has 0 unspecified atom stereocenters. The van der Waals surface area contributed by atoms with Gasteiger partial charge in [0.1, 0.15) is 0 Å². The zero-order chi connectivity index (χ0) is 16.7. The van der Waals surface area contributed by atoms with Gasteiger partial charge in [-0.1, -0.05) is 46.6 Å². The molecule has 1 aliphatic heterocycles. The van der Waals surface area contributed by atoms with Crippen molar-refractivity contribution in [3.63, 3.8) is 0 Å². The third kappa shape index (κ3) is 2.84. The van der Waals surface area contributed by atoms with Crippen LogP contribution in [-0.4, -0.2) is 37.1 Å². The minimum absolute atomic E-state index is 0.147. The molecule has 4 rings (SSSR count). The lowest BCUT2D eigenvalue weighted by Crippen LogP contribution is -2.52. The molecule has 2 aliphatic carbocycles. The van der Waals surface area contributed by atoms with Crippen LogP contribution in [0.3, 0.4) is 0 Å². The Labute approximate surface area is 152 Å². The number of fused-ring (bicyclic) bond motifs is 2. The van der Waals surface area contributed by atoms with Gasteiger partial charge < -0.3 is 4.74 Å². The smallest absolute Gasteiger partial charge is 0.333 e. The number of carbonyl (C=O) groups excluding carboxylic acids is 1. The molecule has 2 fully saturated rings.